The van der Waals surface area contributed by atoms with Crippen molar-refractivity contribution in [2.24, 2.45) is 5.92 Å². The molecule has 160 valence electrons. The van der Waals surface area contributed by atoms with Gasteiger partial charge >= 0.3 is 0 Å². The van der Waals surface area contributed by atoms with E-state index in [4.69, 9.17) is 4.52 Å². The molecule has 31 heavy (non-hydrogen) atoms. The zero-order valence-corrected chi connectivity index (χ0v) is 17.7. The van der Waals surface area contributed by atoms with Gasteiger partial charge in [0.1, 0.15) is 0 Å². The standard InChI is InChI=1S/C25H28N4O2/c30-25(21-10-4-5-11-21)29-15-13-28(14-16-29)18-19-7-6-12-22(17-19)23-26-24(31-27-23)20-8-2-1-3-9-20/h1-3,6-9,12,17,21H,4-5,10-11,13-16,18H2. The Morgan fingerprint density at radius 1 is 0.935 bits per heavy atom. The Balaban J connectivity index is 1.21. The predicted molar refractivity (Wildman–Crippen MR) is 119 cm³/mol. The van der Waals surface area contributed by atoms with Crippen LogP contribution in [0.2, 0.25) is 0 Å². The van der Waals surface area contributed by atoms with Crippen LogP contribution in [0.3, 0.4) is 0 Å². The van der Waals surface area contributed by atoms with Gasteiger partial charge in [-0.1, -0.05) is 54.4 Å². The van der Waals surface area contributed by atoms with Gasteiger partial charge in [-0.05, 0) is 36.6 Å². The number of nitrogens with zero attached hydrogens (tertiary/aromatic N) is 4. The molecular weight excluding hydrogens is 388 g/mol. The van der Waals surface area contributed by atoms with Gasteiger partial charge in [-0.2, -0.15) is 4.98 Å². The minimum Gasteiger partial charge on any atom is -0.340 e. The summed E-state index contributed by atoms with van der Waals surface area (Å²) >= 11 is 0. The van der Waals surface area contributed by atoms with Crippen molar-refractivity contribution in [3.8, 4) is 22.8 Å². The van der Waals surface area contributed by atoms with Gasteiger partial charge < -0.3 is 9.42 Å². The second-order valence-electron chi connectivity index (χ2n) is 8.57. The van der Waals surface area contributed by atoms with Crippen LogP contribution in [-0.4, -0.2) is 52.0 Å². The number of hydrogen-bond acceptors (Lipinski definition) is 5. The van der Waals surface area contributed by atoms with Gasteiger partial charge in [0.25, 0.3) is 5.89 Å². The van der Waals surface area contributed by atoms with Crippen LogP contribution < -0.4 is 0 Å². The number of hydrogen-bond donors (Lipinski definition) is 0. The molecule has 0 radical (unpaired) electrons. The van der Waals surface area contributed by atoms with Crippen LogP contribution in [0.5, 0.6) is 0 Å². The van der Waals surface area contributed by atoms with E-state index >= 15 is 0 Å². The first-order chi connectivity index (χ1) is 15.3. The lowest BCUT2D eigenvalue weighted by Crippen LogP contribution is -2.49. The molecule has 0 N–H and O–H groups in total. The second-order valence-corrected chi connectivity index (χ2v) is 8.57. The SMILES string of the molecule is O=C(C1CCCC1)N1CCN(Cc2cccc(-c3noc(-c4ccccc4)n3)c2)CC1. The largest absolute Gasteiger partial charge is 0.340 e. The molecule has 1 saturated heterocycles. The van der Waals surface area contributed by atoms with Gasteiger partial charge in [-0.15, -0.1) is 0 Å². The summed E-state index contributed by atoms with van der Waals surface area (Å²) < 4.78 is 5.46. The van der Waals surface area contributed by atoms with Crippen molar-refractivity contribution >= 4 is 5.91 Å². The minimum absolute atomic E-state index is 0.277. The van der Waals surface area contributed by atoms with Gasteiger partial charge in [0, 0.05) is 49.8 Å². The fourth-order valence-corrected chi connectivity index (χ4v) is 4.66. The van der Waals surface area contributed by atoms with Gasteiger partial charge in [0.15, 0.2) is 0 Å². The van der Waals surface area contributed by atoms with Gasteiger partial charge in [0.05, 0.1) is 0 Å². The van der Waals surface area contributed by atoms with E-state index < -0.39 is 0 Å². The van der Waals surface area contributed by atoms with Gasteiger partial charge in [-0.25, -0.2) is 0 Å². The van der Waals surface area contributed by atoms with E-state index in [1.54, 1.807) is 0 Å². The normalized spacial score (nSPS) is 17.9. The van der Waals surface area contributed by atoms with Crippen molar-refractivity contribution in [1.29, 1.82) is 0 Å². The lowest BCUT2D eigenvalue weighted by molar-refractivity contribution is -0.137. The van der Waals surface area contributed by atoms with Crippen molar-refractivity contribution in [1.82, 2.24) is 19.9 Å². The van der Waals surface area contributed by atoms with Crippen LogP contribution >= 0.6 is 0 Å². The van der Waals surface area contributed by atoms with Crippen LogP contribution in [-0.2, 0) is 11.3 Å². The number of carbonyl (C=O) groups excluding carboxylic acids is 1. The maximum Gasteiger partial charge on any atom is 0.258 e. The number of aromatic nitrogens is 2. The molecule has 1 saturated carbocycles. The van der Waals surface area contributed by atoms with E-state index in [0.29, 0.717) is 17.6 Å². The van der Waals surface area contributed by atoms with Crippen molar-refractivity contribution in [2.75, 3.05) is 26.2 Å². The number of amides is 1. The van der Waals surface area contributed by atoms with Gasteiger partial charge in [-0.3, -0.25) is 9.69 Å². The Morgan fingerprint density at radius 3 is 2.45 bits per heavy atom. The molecule has 6 heteroatoms. The highest BCUT2D eigenvalue weighted by molar-refractivity contribution is 5.79. The monoisotopic (exact) mass is 416 g/mol. The minimum atomic E-state index is 0.277. The molecule has 0 spiro atoms. The summed E-state index contributed by atoms with van der Waals surface area (Å²) in [5, 5.41) is 4.17. The first kappa shape index (κ1) is 19.9. The molecular formula is C25H28N4O2. The first-order valence-electron chi connectivity index (χ1n) is 11.3. The number of benzene rings is 2. The van der Waals surface area contributed by atoms with E-state index in [0.717, 1.165) is 56.7 Å². The van der Waals surface area contributed by atoms with Crippen LogP contribution in [0.1, 0.15) is 31.2 Å². The van der Waals surface area contributed by atoms with E-state index in [2.05, 4.69) is 32.1 Å². The predicted octanol–water partition coefficient (Wildman–Crippen LogP) is 4.24. The highest BCUT2D eigenvalue weighted by Crippen LogP contribution is 2.27. The average Bonchev–Trinajstić information content (AvgIpc) is 3.53. The fraction of sp³-hybridized carbons (Fsp3) is 0.400. The Bertz CT molecular complexity index is 1020. The fourth-order valence-electron chi connectivity index (χ4n) is 4.66. The average molecular weight is 417 g/mol. The van der Waals surface area contributed by atoms with Crippen molar-refractivity contribution in [3.05, 3.63) is 60.2 Å². The summed E-state index contributed by atoms with van der Waals surface area (Å²) in [5.74, 6) is 1.79. The van der Waals surface area contributed by atoms with E-state index in [-0.39, 0.29) is 5.92 Å². The van der Waals surface area contributed by atoms with E-state index in [1.165, 1.54) is 18.4 Å². The van der Waals surface area contributed by atoms with Crippen LogP contribution in [0.25, 0.3) is 22.8 Å². The smallest absolute Gasteiger partial charge is 0.258 e. The highest BCUT2D eigenvalue weighted by atomic mass is 16.5. The second kappa shape index (κ2) is 9.02. The summed E-state index contributed by atoms with van der Waals surface area (Å²) in [5.41, 5.74) is 3.10. The van der Waals surface area contributed by atoms with Crippen LogP contribution in [0.15, 0.2) is 59.1 Å². The summed E-state index contributed by atoms with van der Waals surface area (Å²) in [6.07, 6.45) is 4.57. The number of carbonyl (C=O) groups is 1. The van der Waals surface area contributed by atoms with E-state index in [9.17, 15) is 4.79 Å². The van der Waals surface area contributed by atoms with Gasteiger partial charge in [0.2, 0.25) is 11.7 Å². The summed E-state index contributed by atoms with van der Waals surface area (Å²) in [6, 6.07) is 18.1. The quantitative estimate of drug-likeness (QED) is 0.623. The maximum absolute atomic E-state index is 12.7. The number of rotatable bonds is 5. The summed E-state index contributed by atoms with van der Waals surface area (Å²) in [4.78, 5) is 21.7. The molecule has 0 unspecified atom stereocenters. The third-order valence-electron chi connectivity index (χ3n) is 6.43. The van der Waals surface area contributed by atoms with Crippen molar-refractivity contribution in [2.45, 2.75) is 32.2 Å². The molecule has 5 rings (SSSR count). The molecule has 1 amide bonds. The molecule has 2 heterocycles. The lowest BCUT2D eigenvalue weighted by Gasteiger charge is -2.36. The Hall–Kier alpha value is -2.99. The first-order valence-corrected chi connectivity index (χ1v) is 11.3. The van der Waals surface area contributed by atoms with Crippen LogP contribution in [0, 0.1) is 5.92 Å². The molecule has 0 atom stereocenters. The molecule has 1 aromatic heterocycles. The van der Waals surface area contributed by atoms with Crippen molar-refractivity contribution in [3.63, 3.8) is 0 Å². The number of piperazine rings is 1. The molecule has 0 bridgehead atoms. The molecule has 1 aliphatic carbocycles. The third-order valence-corrected chi connectivity index (χ3v) is 6.43. The molecule has 2 fully saturated rings. The zero-order chi connectivity index (χ0) is 21.0. The third kappa shape index (κ3) is 4.54. The maximum atomic E-state index is 12.7. The Labute approximate surface area is 182 Å². The summed E-state index contributed by atoms with van der Waals surface area (Å²) in [6.45, 7) is 4.37. The zero-order valence-electron chi connectivity index (χ0n) is 17.7. The molecule has 2 aromatic carbocycles. The molecule has 6 nitrogen and oxygen atoms in total. The topological polar surface area (TPSA) is 62.5 Å². The highest BCUT2D eigenvalue weighted by Gasteiger charge is 2.29. The Kier molecular flexibility index (Phi) is 5.80. The lowest BCUT2D eigenvalue weighted by atomic mass is 10.1. The van der Waals surface area contributed by atoms with Crippen molar-refractivity contribution < 1.29 is 9.32 Å². The van der Waals surface area contributed by atoms with Crippen LogP contribution in [0.4, 0.5) is 0 Å². The molecule has 1 aliphatic heterocycles. The summed E-state index contributed by atoms with van der Waals surface area (Å²) in [7, 11) is 0. The van der Waals surface area contributed by atoms with E-state index in [1.807, 2.05) is 42.5 Å². The Morgan fingerprint density at radius 2 is 1.68 bits per heavy atom. The molecule has 3 aromatic rings. The molecule has 2 aliphatic rings.